The topological polar surface area (TPSA) is 43.3 Å². The number of imidazole rings is 1. The Hall–Kier alpha value is -1.35. The van der Waals surface area contributed by atoms with Crippen molar-refractivity contribution in [3.8, 4) is 0 Å². The molecule has 1 aliphatic carbocycles. The van der Waals surface area contributed by atoms with Crippen LogP contribution in [-0.2, 0) is 12.0 Å². The highest BCUT2D eigenvalue weighted by Gasteiger charge is 2.41. The van der Waals surface area contributed by atoms with Crippen molar-refractivity contribution in [1.29, 1.82) is 0 Å². The predicted octanol–water partition coefficient (Wildman–Crippen LogP) is 1.84. The lowest BCUT2D eigenvalue weighted by Crippen LogP contribution is -2.19. The van der Waals surface area contributed by atoms with E-state index in [-0.39, 0.29) is 5.54 Å². The Morgan fingerprint density at radius 3 is 3.00 bits per heavy atom. The number of aryl methyl sites for hydroxylation is 1. The van der Waals surface area contributed by atoms with E-state index in [4.69, 9.17) is 5.73 Å². The molecule has 3 heteroatoms. The van der Waals surface area contributed by atoms with Gasteiger partial charge in [0.1, 0.15) is 5.65 Å². The third kappa shape index (κ3) is 1.27. The zero-order chi connectivity index (χ0) is 10.5. The van der Waals surface area contributed by atoms with Gasteiger partial charge < -0.3 is 10.1 Å². The molecule has 0 amide bonds. The van der Waals surface area contributed by atoms with Crippen LogP contribution in [0.4, 0.5) is 0 Å². The zero-order valence-electron chi connectivity index (χ0n) is 8.90. The number of hydrogen-bond donors (Lipinski definition) is 1. The van der Waals surface area contributed by atoms with E-state index in [0.717, 1.165) is 30.6 Å². The first-order valence-corrected chi connectivity index (χ1v) is 5.49. The van der Waals surface area contributed by atoms with Crippen LogP contribution in [0.3, 0.4) is 0 Å². The molecular weight excluding hydrogens is 186 g/mol. The summed E-state index contributed by atoms with van der Waals surface area (Å²) < 4.78 is 2.08. The van der Waals surface area contributed by atoms with Gasteiger partial charge in [-0.3, -0.25) is 0 Å². The van der Waals surface area contributed by atoms with Gasteiger partial charge in [0, 0.05) is 23.5 Å². The summed E-state index contributed by atoms with van der Waals surface area (Å²) in [5.41, 5.74) is 9.50. The average molecular weight is 201 g/mol. The molecule has 3 nitrogen and oxygen atoms in total. The van der Waals surface area contributed by atoms with Gasteiger partial charge in [0.15, 0.2) is 0 Å². The fourth-order valence-electron chi connectivity index (χ4n) is 2.03. The van der Waals surface area contributed by atoms with Crippen molar-refractivity contribution in [3.63, 3.8) is 0 Å². The van der Waals surface area contributed by atoms with Crippen molar-refractivity contribution in [2.45, 2.75) is 31.7 Å². The molecule has 1 fully saturated rings. The van der Waals surface area contributed by atoms with Crippen LogP contribution >= 0.6 is 0 Å². The van der Waals surface area contributed by atoms with Gasteiger partial charge in [0.25, 0.3) is 0 Å². The highest BCUT2D eigenvalue weighted by molar-refractivity contribution is 5.54. The molecule has 2 aromatic heterocycles. The molecule has 2 aromatic rings. The number of nitrogens with zero attached hydrogens (tertiary/aromatic N) is 2. The van der Waals surface area contributed by atoms with Crippen LogP contribution in [0.2, 0.25) is 0 Å². The lowest BCUT2D eigenvalue weighted by molar-refractivity contribution is 0.740. The number of nitrogens with two attached hydrogens (primary N) is 1. The van der Waals surface area contributed by atoms with Crippen molar-refractivity contribution in [2.75, 3.05) is 0 Å². The Kier molecular flexibility index (Phi) is 1.68. The largest absolute Gasteiger partial charge is 0.321 e. The summed E-state index contributed by atoms with van der Waals surface area (Å²) in [6.45, 7) is 2.12. The molecule has 78 valence electrons. The maximum atomic E-state index is 6.23. The molecule has 15 heavy (non-hydrogen) atoms. The summed E-state index contributed by atoms with van der Waals surface area (Å²) in [5, 5.41) is 0. The van der Waals surface area contributed by atoms with E-state index in [0.29, 0.717) is 0 Å². The van der Waals surface area contributed by atoms with Gasteiger partial charge in [0.05, 0.1) is 5.69 Å². The minimum Gasteiger partial charge on any atom is -0.321 e. The van der Waals surface area contributed by atoms with E-state index in [9.17, 15) is 0 Å². The number of hydrogen-bond acceptors (Lipinski definition) is 2. The molecule has 1 aliphatic rings. The van der Waals surface area contributed by atoms with Crippen molar-refractivity contribution >= 4 is 5.65 Å². The van der Waals surface area contributed by atoms with Crippen LogP contribution in [0.25, 0.3) is 5.65 Å². The van der Waals surface area contributed by atoms with E-state index in [2.05, 4.69) is 34.6 Å². The molecule has 0 atom stereocenters. The van der Waals surface area contributed by atoms with E-state index in [1.54, 1.807) is 0 Å². The first-order chi connectivity index (χ1) is 7.23. The van der Waals surface area contributed by atoms with Crippen LogP contribution < -0.4 is 5.73 Å². The second-order valence-electron chi connectivity index (χ2n) is 4.39. The molecular formula is C12H15N3. The first-order valence-electron chi connectivity index (χ1n) is 5.49. The van der Waals surface area contributed by atoms with Crippen LogP contribution in [0.5, 0.6) is 0 Å². The molecule has 0 aliphatic heterocycles. The van der Waals surface area contributed by atoms with Gasteiger partial charge in [-0.05, 0) is 25.3 Å². The van der Waals surface area contributed by atoms with Gasteiger partial charge in [-0.1, -0.05) is 13.0 Å². The first kappa shape index (κ1) is 8.92. The quantitative estimate of drug-likeness (QED) is 0.805. The van der Waals surface area contributed by atoms with Crippen LogP contribution in [0, 0.1) is 0 Å². The van der Waals surface area contributed by atoms with Gasteiger partial charge >= 0.3 is 0 Å². The molecule has 0 bridgehead atoms. The maximum Gasteiger partial charge on any atom is 0.142 e. The third-order valence-electron chi connectivity index (χ3n) is 3.22. The molecule has 1 saturated carbocycles. The van der Waals surface area contributed by atoms with Crippen LogP contribution in [-0.4, -0.2) is 9.38 Å². The van der Waals surface area contributed by atoms with E-state index < -0.39 is 0 Å². The molecule has 0 saturated heterocycles. The summed E-state index contributed by atoms with van der Waals surface area (Å²) in [7, 11) is 0. The number of rotatable bonds is 2. The smallest absolute Gasteiger partial charge is 0.142 e. The van der Waals surface area contributed by atoms with Crippen molar-refractivity contribution in [1.82, 2.24) is 9.38 Å². The predicted molar refractivity (Wildman–Crippen MR) is 59.7 cm³/mol. The van der Waals surface area contributed by atoms with E-state index in [1.165, 1.54) is 5.56 Å². The van der Waals surface area contributed by atoms with Crippen molar-refractivity contribution in [2.24, 2.45) is 5.73 Å². The number of pyridine rings is 1. The summed E-state index contributed by atoms with van der Waals surface area (Å²) in [4.78, 5) is 4.62. The van der Waals surface area contributed by atoms with Crippen LogP contribution in [0.1, 0.15) is 31.0 Å². The molecule has 2 N–H and O–H groups in total. The molecule has 0 aromatic carbocycles. The second kappa shape index (κ2) is 2.83. The van der Waals surface area contributed by atoms with E-state index >= 15 is 0 Å². The lowest BCUT2D eigenvalue weighted by Gasteiger charge is -2.09. The summed E-state index contributed by atoms with van der Waals surface area (Å²) >= 11 is 0. The van der Waals surface area contributed by atoms with Crippen molar-refractivity contribution < 1.29 is 0 Å². The normalized spacial score (nSPS) is 18.3. The Morgan fingerprint density at radius 1 is 1.53 bits per heavy atom. The lowest BCUT2D eigenvalue weighted by atomic mass is 10.1. The summed E-state index contributed by atoms with van der Waals surface area (Å²) in [5.74, 6) is 0. The van der Waals surface area contributed by atoms with Crippen molar-refractivity contribution in [3.05, 3.63) is 35.8 Å². The number of fused-ring (bicyclic) bond motifs is 1. The van der Waals surface area contributed by atoms with Gasteiger partial charge in [-0.15, -0.1) is 0 Å². The van der Waals surface area contributed by atoms with Crippen LogP contribution in [0.15, 0.2) is 24.5 Å². The van der Waals surface area contributed by atoms with Gasteiger partial charge in [-0.25, -0.2) is 4.98 Å². The Labute approximate surface area is 88.9 Å². The molecule has 3 rings (SSSR count). The van der Waals surface area contributed by atoms with E-state index in [1.807, 2.05) is 6.20 Å². The zero-order valence-corrected chi connectivity index (χ0v) is 8.90. The highest BCUT2D eigenvalue weighted by Crippen LogP contribution is 2.43. The SMILES string of the molecule is CCc1cn2cccc(C3(N)CC3)c2n1. The maximum absolute atomic E-state index is 6.23. The summed E-state index contributed by atoms with van der Waals surface area (Å²) in [6, 6.07) is 4.16. The minimum absolute atomic E-state index is 0.0983. The molecule has 0 unspecified atom stereocenters. The Morgan fingerprint density at radius 2 is 2.33 bits per heavy atom. The standard InChI is InChI=1S/C12H15N3/c1-2-9-8-15-7-3-4-10(11(15)14-9)12(13)5-6-12/h3-4,7-8H,2,5-6,13H2,1H3. The average Bonchev–Trinajstić information content (AvgIpc) is 2.85. The monoisotopic (exact) mass is 201 g/mol. The highest BCUT2D eigenvalue weighted by atomic mass is 15.0. The van der Waals surface area contributed by atoms with Gasteiger partial charge in [-0.2, -0.15) is 0 Å². The fourth-order valence-corrected chi connectivity index (χ4v) is 2.03. The Bertz CT molecular complexity index is 509. The second-order valence-corrected chi connectivity index (χ2v) is 4.39. The minimum atomic E-state index is -0.0983. The molecule has 2 heterocycles. The Balaban J connectivity index is 2.25. The molecule has 0 spiro atoms. The molecule has 0 radical (unpaired) electrons. The third-order valence-corrected chi connectivity index (χ3v) is 3.22. The summed E-state index contributed by atoms with van der Waals surface area (Å²) in [6.07, 6.45) is 7.27. The van der Waals surface area contributed by atoms with Gasteiger partial charge in [0.2, 0.25) is 0 Å². The number of aromatic nitrogens is 2. The fraction of sp³-hybridized carbons (Fsp3) is 0.417.